The molecule has 1 unspecified atom stereocenters. The zero-order chi connectivity index (χ0) is 13.5. The second kappa shape index (κ2) is 6.93. The summed E-state index contributed by atoms with van der Waals surface area (Å²) in [5.74, 6) is -0.655. The molecule has 5 nitrogen and oxygen atoms in total. The minimum atomic E-state index is -0.960. The number of aliphatic hydroxyl groups is 2. The highest BCUT2D eigenvalue weighted by molar-refractivity contribution is 5.90. The molecule has 0 spiro atoms. The Hall–Kier alpha value is -1.66. The average molecular weight is 256 g/mol. The molecule has 1 rings (SSSR count). The highest BCUT2D eigenvalue weighted by Crippen LogP contribution is 2.19. The van der Waals surface area contributed by atoms with Crippen LogP contribution in [-0.4, -0.2) is 35.4 Å². The van der Waals surface area contributed by atoms with E-state index in [0.717, 1.165) is 0 Å². The van der Waals surface area contributed by atoms with Gasteiger partial charge in [-0.15, -0.1) is 0 Å². The Morgan fingerprint density at radius 2 is 2.22 bits per heavy atom. The molecule has 1 amide bonds. The number of halogens is 1. The Kier molecular flexibility index (Phi) is 5.54. The van der Waals surface area contributed by atoms with E-state index in [2.05, 4.69) is 10.6 Å². The molecule has 1 aromatic rings. The molecule has 0 aliphatic rings. The summed E-state index contributed by atoms with van der Waals surface area (Å²) in [5.41, 5.74) is 0.639. The topological polar surface area (TPSA) is 81.6 Å². The predicted molar refractivity (Wildman–Crippen MR) is 66.9 cm³/mol. The molecule has 0 saturated carbocycles. The van der Waals surface area contributed by atoms with Crippen LogP contribution in [0.2, 0.25) is 0 Å². The van der Waals surface area contributed by atoms with Crippen LogP contribution in [0.15, 0.2) is 18.2 Å². The van der Waals surface area contributed by atoms with Crippen LogP contribution in [0.5, 0.6) is 0 Å². The van der Waals surface area contributed by atoms with Gasteiger partial charge in [-0.2, -0.15) is 0 Å². The SMILES string of the molecule is CCC(=O)Nc1ccc(F)c(NCC(O)CO)c1. The minimum absolute atomic E-state index is 0.0264. The van der Waals surface area contributed by atoms with Crippen molar-refractivity contribution in [2.45, 2.75) is 19.4 Å². The monoisotopic (exact) mass is 256 g/mol. The zero-order valence-corrected chi connectivity index (χ0v) is 10.1. The molecule has 0 heterocycles. The third-order valence-electron chi connectivity index (χ3n) is 2.31. The lowest BCUT2D eigenvalue weighted by molar-refractivity contribution is -0.115. The summed E-state index contributed by atoms with van der Waals surface area (Å²) >= 11 is 0. The van der Waals surface area contributed by atoms with Crippen LogP contribution in [0, 0.1) is 5.82 Å². The van der Waals surface area contributed by atoms with E-state index in [0.29, 0.717) is 12.1 Å². The number of carbonyl (C=O) groups is 1. The third-order valence-corrected chi connectivity index (χ3v) is 2.31. The van der Waals surface area contributed by atoms with E-state index in [-0.39, 0.29) is 18.1 Å². The molecule has 1 atom stereocenters. The maximum Gasteiger partial charge on any atom is 0.224 e. The number of hydrogen-bond donors (Lipinski definition) is 4. The minimum Gasteiger partial charge on any atom is -0.394 e. The fourth-order valence-corrected chi connectivity index (χ4v) is 1.28. The maximum atomic E-state index is 13.4. The number of benzene rings is 1. The highest BCUT2D eigenvalue weighted by Gasteiger charge is 2.07. The fourth-order valence-electron chi connectivity index (χ4n) is 1.28. The van der Waals surface area contributed by atoms with Crippen molar-refractivity contribution in [1.82, 2.24) is 0 Å². The number of hydrogen-bond acceptors (Lipinski definition) is 4. The van der Waals surface area contributed by atoms with Crippen LogP contribution in [0.25, 0.3) is 0 Å². The first kappa shape index (κ1) is 14.4. The van der Waals surface area contributed by atoms with Gasteiger partial charge >= 0.3 is 0 Å². The Labute approximate surface area is 105 Å². The summed E-state index contributed by atoms with van der Waals surface area (Å²) < 4.78 is 13.4. The summed E-state index contributed by atoms with van der Waals surface area (Å²) in [6.45, 7) is 1.34. The van der Waals surface area contributed by atoms with Crippen molar-refractivity contribution in [3.63, 3.8) is 0 Å². The summed E-state index contributed by atoms with van der Waals surface area (Å²) in [6.07, 6.45) is -0.623. The van der Waals surface area contributed by atoms with Gasteiger partial charge in [-0.3, -0.25) is 4.79 Å². The summed E-state index contributed by atoms with van der Waals surface area (Å²) in [6, 6.07) is 4.11. The molecular weight excluding hydrogens is 239 g/mol. The summed E-state index contributed by atoms with van der Waals surface area (Å²) in [5, 5.41) is 23.1. The number of rotatable bonds is 6. The van der Waals surface area contributed by atoms with Crippen LogP contribution in [0.4, 0.5) is 15.8 Å². The molecule has 100 valence electrons. The maximum absolute atomic E-state index is 13.4. The zero-order valence-electron chi connectivity index (χ0n) is 10.1. The molecule has 0 saturated heterocycles. The molecule has 0 radical (unpaired) electrons. The van der Waals surface area contributed by atoms with Crippen molar-refractivity contribution in [2.75, 3.05) is 23.8 Å². The van der Waals surface area contributed by atoms with Crippen molar-refractivity contribution in [1.29, 1.82) is 0 Å². The normalized spacial score (nSPS) is 12.0. The number of amides is 1. The van der Waals surface area contributed by atoms with Gasteiger partial charge in [0.15, 0.2) is 0 Å². The van der Waals surface area contributed by atoms with Gasteiger partial charge in [0.25, 0.3) is 0 Å². The van der Waals surface area contributed by atoms with Crippen LogP contribution < -0.4 is 10.6 Å². The Bertz CT molecular complexity index is 412. The van der Waals surface area contributed by atoms with E-state index in [1.54, 1.807) is 6.92 Å². The van der Waals surface area contributed by atoms with E-state index < -0.39 is 18.5 Å². The molecule has 6 heteroatoms. The molecular formula is C12H17FN2O3. The first-order valence-electron chi connectivity index (χ1n) is 5.69. The average Bonchev–Trinajstić information content (AvgIpc) is 2.38. The van der Waals surface area contributed by atoms with Crippen LogP contribution in [0.1, 0.15) is 13.3 Å². The van der Waals surface area contributed by atoms with Crippen LogP contribution in [0.3, 0.4) is 0 Å². The van der Waals surface area contributed by atoms with Gasteiger partial charge in [-0.25, -0.2) is 4.39 Å². The molecule has 0 aliphatic heterocycles. The number of aliphatic hydroxyl groups excluding tert-OH is 2. The lowest BCUT2D eigenvalue weighted by Crippen LogP contribution is -2.23. The van der Waals surface area contributed by atoms with E-state index in [4.69, 9.17) is 10.2 Å². The van der Waals surface area contributed by atoms with E-state index in [1.807, 2.05) is 0 Å². The standard InChI is InChI=1S/C12H17FN2O3/c1-2-12(18)15-8-3-4-10(13)11(5-8)14-6-9(17)7-16/h3-5,9,14,16-17H,2,6-7H2,1H3,(H,15,18). The van der Waals surface area contributed by atoms with Crippen molar-refractivity contribution in [3.8, 4) is 0 Å². The first-order chi connectivity index (χ1) is 8.56. The highest BCUT2D eigenvalue weighted by atomic mass is 19.1. The fraction of sp³-hybridized carbons (Fsp3) is 0.417. The molecule has 4 N–H and O–H groups in total. The van der Waals surface area contributed by atoms with Gasteiger partial charge in [-0.1, -0.05) is 6.92 Å². The summed E-state index contributed by atoms with van der Waals surface area (Å²) in [7, 11) is 0. The molecule has 18 heavy (non-hydrogen) atoms. The third kappa shape index (κ3) is 4.31. The quantitative estimate of drug-likeness (QED) is 0.610. The molecule has 0 aromatic heterocycles. The Balaban J connectivity index is 2.71. The van der Waals surface area contributed by atoms with Gasteiger partial charge in [0.05, 0.1) is 18.4 Å². The Morgan fingerprint density at radius 1 is 1.50 bits per heavy atom. The van der Waals surface area contributed by atoms with E-state index in [1.165, 1.54) is 18.2 Å². The molecule has 1 aromatic carbocycles. The predicted octanol–water partition coefficient (Wildman–Crippen LogP) is 0.939. The molecule has 0 fully saturated rings. The van der Waals surface area contributed by atoms with Crippen LogP contribution in [-0.2, 0) is 4.79 Å². The molecule has 0 bridgehead atoms. The van der Waals surface area contributed by atoms with E-state index >= 15 is 0 Å². The van der Waals surface area contributed by atoms with Crippen molar-refractivity contribution >= 4 is 17.3 Å². The van der Waals surface area contributed by atoms with Gasteiger partial charge < -0.3 is 20.8 Å². The second-order valence-electron chi connectivity index (χ2n) is 3.81. The van der Waals surface area contributed by atoms with Crippen molar-refractivity contribution in [3.05, 3.63) is 24.0 Å². The first-order valence-corrected chi connectivity index (χ1v) is 5.69. The number of nitrogens with one attached hydrogen (secondary N) is 2. The Morgan fingerprint density at radius 3 is 2.83 bits per heavy atom. The summed E-state index contributed by atoms with van der Waals surface area (Å²) in [4.78, 5) is 11.2. The lowest BCUT2D eigenvalue weighted by Gasteiger charge is -2.12. The van der Waals surface area contributed by atoms with Crippen LogP contribution >= 0.6 is 0 Å². The van der Waals surface area contributed by atoms with Crippen molar-refractivity contribution in [2.24, 2.45) is 0 Å². The van der Waals surface area contributed by atoms with E-state index in [9.17, 15) is 9.18 Å². The molecule has 0 aliphatic carbocycles. The van der Waals surface area contributed by atoms with Gasteiger partial charge in [0.2, 0.25) is 5.91 Å². The van der Waals surface area contributed by atoms with Gasteiger partial charge in [0.1, 0.15) is 5.82 Å². The lowest BCUT2D eigenvalue weighted by atomic mass is 10.2. The number of carbonyl (C=O) groups excluding carboxylic acids is 1. The largest absolute Gasteiger partial charge is 0.394 e. The van der Waals surface area contributed by atoms with Gasteiger partial charge in [0, 0.05) is 18.7 Å². The number of anilines is 2. The van der Waals surface area contributed by atoms with Gasteiger partial charge in [-0.05, 0) is 18.2 Å². The smallest absolute Gasteiger partial charge is 0.224 e. The second-order valence-corrected chi connectivity index (χ2v) is 3.81. The van der Waals surface area contributed by atoms with Crippen molar-refractivity contribution < 1.29 is 19.4 Å².